The molecule has 1 aromatic carbocycles. The van der Waals surface area contributed by atoms with Crippen molar-refractivity contribution in [2.75, 3.05) is 4.90 Å². The van der Waals surface area contributed by atoms with Gasteiger partial charge < -0.3 is 5.11 Å². The molecule has 5 aliphatic rings. The van der Waals surface area contributed by atoms with Gasteiger partial charge in [-0.2, -0.15) is 0 Å². The van der Waals surface area contributed by atoms with E-state index in [9.17, 15) is 14.7 Å². The molecule has 0 unspecified atom stereocenters. The van der Waals surface area contributed by atoms with Gasteiger partial charge in [0.05, 0.1) is 17.5 Å². The summed E-state index contributed by atoms with van der Waals surface area (Å²) in [7, 11) is 0. The molecule has 0 aromatic heterocycles. The molecule has 1 saturated heterocycles. The normalized spacial score (nSPS) is 40.9. The predicted molar refractivity (Wildman–Crippen MR) is 80.3 cm³/mol. The van der Waals surface area contributed by atoms with Crippen molar-refractivity contribution in [3.05, 3.63) is 35.4 Å². The second-order valence-electron chi connectivity index (χ2n) is 6.80. The predicted octanol–water partition coefficient (Wildman–Crippen LogP) is 2.60. The molecule has 1 aliphatic heterocycles. The number of hydrogen-bond donors (Lipinski definition) is 1. The number of halogens is 1. The molecular formula is C17H14ClNO3. The molecule has 6 atom stereocenters. The maximum Gasteiger partial charge on any atom is 0.238 e. The minimum Gasteiger partial charge on any atom is -0.506 e. The highest BCUT2D eigenvalue weighted by atomic mass is 35.5. The van der Waals surface area contributed by atoms with Gasteiger partial charge in [0.1, 0.15) is 5.75 Å². The Labute approximate surface area is 132 Å². The first kappa shape index (κ1) is 12.7. The second-order valence-corrected chi connectivity index (χ2v) is 7.24. The second kappa shape index (κ2) is 3.93. The maximum absolute atomic E-state index is 12.9. The van der Waals surface area contributed by atoms with Crippen LogP contribution in [-0.4, -0.2) is 16.9 Å². The van der Waals surface area contributed by atoms with Gasteiger partial charge in [0, 0.05) is 5.02 Å². The van der Waals surface area contributed by atoms with Crippen LogP contribution in [-0.2, 0) is 9.59 Å². The molecule has 22 heavy (non-hydrogen) atoms. The summed E-state index contributed by atoms with van der Waals surface area (Å²) < 4.78 is 0. The molecule has 3 fully saturated rings. The number of phenolic OH excluding ortho intramolecular Hbond substituents is 1. The van der Waals surface area contributed by atoms with E-state index in [-0.39, 0.29) is 46.9 Å². The van der Waals surface area contributed by atoms with Crippen LogP contribution in [0.5, 0.6) is 5.75 Å². The standard InChI is InChI=1S/C17H14ClNO3/c18-7-1-4-13(20)12(5-7)19-16(21)14-8-2-3-9(11-6-10(8)11)15(14)17(19)22/h1-5,8-11,14-15,20H,6H2/t8-,9-,10-,11-,14+,15+/m0/s1. The zero-order chi connectivity index (χ0) is 15.2. The molecule has 6 rings (SSSR count). The van der Waals surface area contributed by atoms with Crippen molar-refractivity contribution in [3.8, 4) is 5.75 Å². The molecule has 1 heterocycles. The van der Waals surface area contributed by atoms with E-state index in [1.807, 2.05) is 0 Å². The third-order valence-corrected chi connectivity index (χ3v) is 6.08. The Bertz CT molecular complexity index is 722. The Balaban J connectivity index is 1.62. The summed E-state index contributed by atoms with van der Waals surface area (Å²) in [6, 6.07) is 4.45. The van der Waals surface area contributed by atoms with Crippen LogP contribution in [0.1, 0.15) is 6.42 Å². The van der Waals surface area contributed by atoms with Crippen LogP contribution >= 0.6 is 11.6 Å². The first-order chi connectivity index (χ1) is 10.6. The number of rotatable bonds is 1. The molecule has 4 aliphatic carbocycles. The fourth-order valence-corrected chi connectivity index (χ4v) is 5.04. The van der Waals surface area contributed by atoms with Gasteiger partial charge in [-0.25, -0.2) is 4.90 Å². The van der Waals surface area contributed by atoms with E-state index in [4.69, 9.17) is 11.6 Å². The largest absolute Gasteiger partial charge is 0.506 e. The van der Waals surface area contributed by atoms with E-state index in [1.165, 1.54) is 12.1 Å². The number of amides is 2. The van der Waals surface area contributed by atoms with E-state index in [0.29, 0.717) is 16.9 Å². The zero-order valence-electron chi connectivity index (χ0n) is 11.6. The summed E-state index contributed by atoms with van der Waals surface area (Å²) in [5.41, 5.74) is 0.213. The van der Waals surface area contributed by atoms with Crippen LogP contribution in [0.25, 0.3) is 0 Å². The van der Waals surface area contributed by atoms with Crippen LogP contribution < -0.4 is 4.90 Å². The lowest BCUT2D eigenvalue weighted by atomic mass is 9.63. The number of phenols is 1. The van der Waals surface area contributed by atoms with Crippen molar-refractivity contribution in [1.82, 2.24) is 0 Å². The summed E-state index contributed by atoms with van der Waals surface area (Å²) >= 11 is 5.97. The number of allylic oxidation sites excluding steroid dienone is 2. The summed E-state index contributed by atoms with van der Waals surface area (Å²) in [6.45, 7) is 0. The van der Waals surface area contributed by atoms with Gasteiger partial charge >= 0.3 is 0 Å². The lowest BCUT2D eigenvalue weighted by molar-refractivity contribution is -0.124. The van der Waals surface area contributed by atoms with Crippen LogP contribution in [0, 0.1) is 35.5 Å². The third kappa shape index (κ3) is 1.39. The molecule has 5 heteroatoms. The summed E-state index contributed by atoms with van der Waals surface area (Å²) in [5.74, 6) is 0.534. The molecule has 1 aromatic rings. The molecule has 2 amide bonds. The van der Waals surface area contributed by atoms with Gasteiger partial charge in [-0.15, -0.1) is 0 Å². The van der Waals surface area contributed by atoms with Crippen LogP contribution in [0.2, 0.25) is 5.02 Å². The molecule has 4 nitrogen and oxygen atoms in total. The molecule has 2 saturated carbocycles. The number of imide groups is 1. The van der Waals surface area contributed by atoms with Crippen molar-refractivity contribution < 1.29 is 14.7 Å². The van der Waals surface area contributed by atoms with Crippen molar-refractivity contribution in [1.29, 1.82) is 0 Å². The Hall–Kier alpha value is -1.81. The van der Waals surface area contributed by atoms with E-state index < -0.39 is 0 Å². The molecule has 112 valence electrons. The minimum atomic E-state index is -0.260. The van der Waals surface area contributed by atoms with E-state index >= 15 is 0 Å². The van der Waals surface area contributed by atoms with Crippen LogP contribution in [0.4, 0.5) is 5.69 Å². The SMILES string of the molecule is O=C1[C@@H]2[C@H]3C=C[C@@H]([C@@H]4C[C@@H]34)[C@H]2C(=O)N1c1cc(Cl)ccc1O. The van der Waals surface area contributed by atoms with Gasteiger partial charge in [0.15, 0.2) is 0 Å². The topological polar surface area (TPSA) is 57.6 Å². The van der Waals surface area contributed by atoms with Gasteiger partial charge in [-0.05, 0) is 48.3 Å². The lowest BCUT2D eigenvalue weighted by Gasteiger charge is -2.37. The number of benzene rings is 1. The Morgan fingerprint density at radius 2 is 1.64 bits per heavy atom. The summed E-state index contributed by atoms with van der Waals surface area (Å²) in [5, 5.41) is 10.4. The average molecular weight is 316 g/mol. The average Bonchev–Trinajstić information content (AvgIpc) is 3.28. The molecular weight excluding hydrogens is 302 g/mol. The Morgan fingerprint density at radius 3 is 2.23 bits per heavy atom. The maximum atomic E-state index is 12.9. The molecule has 0 radical (unpaired) electrons. The van der Waals surface area contributed by atoms with Crippen LogP contribution in [0.3, 0.4) is 0 Å². The first-order valence-corrected chi connectivity index (χ1v) is 8.00. The highest BCUT2D eigenvalue weighted by Gasteiger charge is 2.67. The summed E-state index contributed by atoms with van der Waals surface area (Å²) in [6.07, 6.45) is 5.40. The number of hydrogen-bond acceptors (Lipinski definition) is 3. The Morgan fingerprint density at radius 1 is 1.05 bits per heavy atom. The van der Waals surface area contributed by atoms with Crippen molar-refractivity contribution in [3.63, 3.8) is 0 Å². The molecule has 1 N–H and O–H groups in total. The van der Waals surface area contributed by atoms with Crippen molar-refractivity contribution in [2.45, 2.75) is 6.42 Å². The zero-order valence-corrected chi connectivity index (χ0v) is 12.4. The first-order valence-electron chi connectivity index (χ1n) is 7.62. The van der Waals surface area contributed by atoms with Gasteiger partial charge in [-0.3, -0.25) is 9.59 Å². The number of carbonyl (C=O) groups excluding carboxylic acids is 2. The van der Waals surface area contributed by atoms with E-state index in [0.717, 1.165) is 11.3 Å². The smallest absolute Gasteiger partial charge is 0.238 e. The number of anilines is 1. The van der Waals surface area contributed by atoms with E-state index in [2.05, 4.69) is 12.2 Å². The number of carbonyl (C=O) groups is 2. The third-order valence-electron chi connectivity index (χ3n) is 5.84. The van der Waals surface area contributed by atoms with Gasteiger partial charge in [0.2, 0.25) is 11.8 Å². The highest BCUT2D eigenvalue weighted by molar-refractivity contribution is 6.31. The molecule has 2 bridgehead atoms. The monoisotopic (exact) mass is 315 g/mol. The fourth-order valence-electron chi connectivity index (χ4n) is 4.87. The van der Waals surface area contributed by atoms with E-state index in [1.54, 1.807) is 6.07 Å². The van der Waals surface area contributed by atoms with Crippen molar-refractivity contribution in [2.24, 2.45) is 35.5 Å². The van der Waals surface area contributed by atoms with Crippen molar-refractivity contribution >= 4 is 29.1 Å². The van der Waals surface area contributed by atoms with Gasteiger partial charge in [-0.1, -0.05) is 23.8 Å². The summed E-state index contributed by atoms with van der Waals surface area (Å²) in [4.78, 5) is 26.9. The number of nitrogens with zero attached hydrogens (tertiary/aromatic N) is 1. The number of aromatic hydroxyl groups is 1. The van der Waals surface area contributed by atoms with Crippen LogP contribution in [0.15, 0.2) is 30.4 Å². The highest BCUT2D eigenvalue weighted by Crippen LogP contribution is 2.65. The molecule has 0 spiro atoms. The minimum absolute atomic E-state index is 0.0878. The fraction of sp³-hybridized carbons (Fsp3) is 0.412. The quantitative estimate of drug-likeness (QED) is 0.640. The Kier molecular flexibility index (Phi) is 2.27. The van der Waals surface area contributed by atoms with Gasteiger partial charge in [0.25, 0.3) is 0 Å². The lowest BCUT2D eigenvalue weighted by Crippen LogP contribution is -2.40.